The number of fused-ring (bicyclic) bond motifs is 3. The van der Waals surface area contributed by atoms with Crippen LogP contribution in [0.2, 0.25) is 0 Å². The zero-order valence-electron chi connectivity index (χ0n) is 17.5. The van der Waals surface area contributed by atoms with Crippen molar-refractivity contribution in [2.24, 2.45) is 0 Å². The normalized spacial score (nSPS) is 27.2. The molecule has 1 fully saturated rings. The third kappa shape index (κ3) is 3.39. The van der Waals surface area contributed by atoms with Gasteiger partial charge >= 0.3 is 0 Å². The van der Waals surface area contributed by atoms with Gasteiger partial charge in [0.2, 0.25) is 0 Å². The first-order valence-corrected chi connectivity index (χ1v) is 10.7. The number of aryl methyl sites for hydroxylation is 1. The number of aromatic nitrogens is 1. The van der Waals surface area contributed by atoms with Crippen LogP contribution in [0.15, 0.2) is 12.1 Å². The molecule has 1 unspecified atom stereocenters. The third-order valence-corrected chi connectivity index (χ3v) is 6.36. The molecule has 0 bridgehead atoms. The second-order valence-electron chi connectivity index (χ2n) is 8.47. The van der Waals surface area contributed by atoms with Gasteiger partial charge in [-0.15, -0.1) is 0 Å². The number of aromatic amines is 1. The first kappa shape index (κ1) is 19.9. The zero-order valence-corrected chi connectivity index (χ0v) is 17.5. The van der Waals surface area contributed by atoms with E-state index in [4.69, 9.17) is 14.2 Å². The SMILES string of the molecule is CCC1(CCO)OCCc2c1[nH]c1c(C(C)C)cc(CCC3OC(C)O3)cc21. The van der Waals surface area contributed by atoms with Gasteiger partial charge in [-0.1, -0.05) is 26.8 Å². The molecular weight excluding hydrogens is 354 g/mol. The molecule has 154 valence electrons. The lowest BCUT2D eigenvalue weighted by molar-refractivity contribution is -0.376. The molecule has 5 nitrogen and oxygen atoms in total. The first-order valence-electron chi connectivity index (χ1n) is 10.7. The Balaban J connectivity index is 1.75. The Morgan fingerprint density at radius 2 is 2.07 bits per heavy atom. The first-order chi connectivity index (χ1) is 13.5. The number of ether oxygens (including phenoxy) is 3. The summed E-state index contributed by atoms with van der Waals surface area (Å²) in [6.45, 7) is 9.40. The van der Waals surface area contributed by atoms with Crippen LogP contribution in [0.5, 0.6) is 0 Å². The van der Waals surface area contributed by atoms with Gasteiger partial charge < -0.3 is 24.3 Å². The minimum Gasteiger partial charge on any atom is -0.396 e. The molecule has 1 aromatic heterocycles. The Morgan fingerprint density at radius 3 is 2.71 bits per heavy atom. The standard InChI is InChI=1S/C23H33NO4/c1-5-23(9-10-25)22-17(8-11-26-23)19-13-16(6-7-20-27-15(4)28-20)12-18(14(2)3)21(19)24-22/h12-15,20,24-25H,5-11H2,1-4H3. The smallest absolute Gasteiger partial charge is 0.164 e. The number of H-pyrrole nitrogens is 1. The van der Waals surface area contributed by atoms with Crippen molar-refractivity contribution < 1.29 is 19.3 Å². The van der Waals surface area contributed by atoms with Gasteiger partial charge in [0.05, 0.1) is 12.3 Å². The van der Waals surface area contributed by atoms with Gasteiger partial charge in [-0.25, -0.2) is 0 Å². The van der Waals surface area contributed by atoms with Crippen LogP contribution in [0.4, 0.5) is 0 Å². The van der Waals surface area contributed by atoms with E-state index in [1.165, 1.54) is 33.3 Å². The van der Waals surface area contributed by atoms with Crippen molar-refractivity contribution in [3.8, 4) is 0 Å². The van der Waals surface area contributed by atoms with Crippen molar-refractivity contribution in [3.05, 3.63) is 34.5 Å². The summed E-state index contributed by atoms with van der Waals surface area (Å²) in [5.74, 6) is 0.425. The van der Waals surface area contributed by atoms with E-state index < -0.39 is 5.60 Å². The van der Waals surface area contributed by atoms with Gasteiger partial charge in [0.25, 0.3) is 0 Å². The third-order valence-electron chi connectivity index (χ3n) is 6.36. The van der Waals surface area contributed by atoms with Crippen molar-refractivity contribution >= 4 is 10.9 Å². The second-order valence-corrected chi connectivity index (χ2v) is 8.47. The maximum Gasteiger partial charge on any atom is 0.164 e. The quantitative estimate of drug-likeness (QED) is 0.734. The van der Waals surface area contributed by atoms with Gasteiger partial charge in [0.1, 0.15) is 5.60 Å². The maximum atomic E-state index is 9.65. The molecule has 2 aliphatic rings. The maximum absolute atomic E-state index is 9.65. The Morgan fingerprint density at radius 1 is 1.29 bits per heavy atom. The summed E-state index contributed by atoms with van der Waals surface area (Å²) in [5.41, 5.74) is 6.04. The molecule has 2 aliphatic heterocycles. The zero-order chi connectivity index (χ0) is 19.9. The summed E-state index contributed by atoms with van der Waals surface area (Å²) in [7, 11) is 0. The largest absolute Gasteiger partial charge is 0.396 e. The second kappa shape index (κ2) is 7.79. The number of aliphatic hydroxyl groups is 1. The van der Waals surface area contributed by atoms with Crippen LogP contribution in [-0.2, 0) is 32.7 Å². The number of hydrogen-bond acceptors (Lipinski definition) is 4. The van der Waals surface area contributed by atoms with E-state index in [-0.39, 0.29) is 19.2 Å². The molecule has 0 saturated carbocycles. The highest BCUT2D eigenvalue weighted by molar-refractivity contribution is 5.89. The van der Waals surface area contributed by atoms with Crippen LogP contribution in [0, 0.1) is 0 Å². The summed E-state index contributed by atoms with van der Waals surface area (Å²) < 4.78 is 17.4. The van der Waals surface area contributed by atoms with Crippen LogP contribution in [0.1, 0.15) is 75.3 Å². The van der Waals surface area contributed by atoms with Crippen LogP contribution in [0.3, 0.4) is 0 Å². The monoisotopic (exact) mass is 387 g/mol. The van der Waals surface area contributed by atoms with Crippen molar-refractivity contribution in [1.29, 1.82) is 0 Å². The molecule has 5 heteroatoms. The predicted molar refractivity (Wildman–Crippen MR) is 109 cm³/mol. The molecule has 2 N–H and O–H groups in total. The van der Waals surface area contributed by atoms with E-state index in [1.807, 2.05) is 6.92 Å². The molecule has 0 radical (unpaired) electrons. The predicted octanol–water partition coefficient (Wildman–Crippen LogP) is 4.50. The fourth-order valence-electron chi connectivity index (χ4n) is 4.80. The molecule has 0 aliphatic carbocycles. The molecule has 0 spiro atoms. The van der Waals surface area contributed by atoms with Gasteiger partial charge in [-0.05, 0) is 54.9 Å². The minimum atomic E-state index is -0.403. The van der Waals surface area contributed by atoms with Gasteiger partial charge in [0.15, 0.2) is 12.6 Å². The average molecular weight is 388 g/mol. The number of rotatable bonds is 7. The summed E-state index contributed by atoms with van der Waals surface area (Å²) in [5, 5.41) is 11.0. The fraction of sp³-hybridized carbons (Fsp3) is 0.652. The summed E-state index contributed by atoms with van der Waals surface area (Å²) in [6, 6.07) is 4.67. The Labute approximate surface area is 167 Å². The van der Waals surface area contributed by atoms with Crippen molar-refractivity contribution in [3.63, 3.8) is 0 Å². The van der Waals surface area contributed by atoms with Crippen LogP contribution < -0.4 is 0 Å². The highest BCUT2D eigenvalue weighted by Crippen LogP contribution is 2.43. The van der Waals surface area contributed by atoms with Gasteiger partial charge in [0, 0.05) is 30.4 Å². The molecule has 4 rings (SSSR count). The van der Waals surface area contributed by atoms with Crippen LogP contribution >= 0.6 is 0 Å². The number of benzene rings is 1. The molecule has 2 aromatic rings. The Hall–Kier alpha value is -1.40. The lowest BCUT2D eigenvalue weighted by Gasteiger charge is -2.36. The fourth-order valence-corrected chi connectivity index (χ4v) is 4.80. The molecule has 1 aromatic carbocycles. The Kier molecular flexibility index (Phi) is 5.53. The van der Waals surface area contributed by atoms with Crippen molar-refractivity contribution in [2.45, 2.75) is 83.9 Å². The molecule has 3 heterocycles. The van der Waals surface area contributed by atoms with E-state index in [0.717, 1.165) is 25.7 Å². The highest BCUT2D eigenvalue weighted by atomic mass is 16.9. The lowest BCUT2D eigenvalue weighted by atomic mass is 9.86. The molecular formula is C23H33NO4. The Bertz CT molecular complexity index is 837. The number of hydrogen-bond donors (Lipinski definition) is 2. The van der Waals surface area contributed by atoms with E-state index in [9.17, 15) is 5.11 Å². The molecule has 1 atom stereocenters. The molecule has 1 saturated heterocycles. The van der Waals surface area contributed by atoms with E-state index in [2.05, 4.69) is 37.9 Å². The van der Waals surface area contributed by atoms with Gasteiger partial charge in [-0.2, -0.15) is 0 Å². The van der Waals surface area contributed by atoms with Crippen molar-refractivity contribution in [1.82, 2.24) is 4.98 Å². The number of aliphatic hydroxyl groups excluding tert-OH is 1. The number of nitrogens with one attached hydrogen (secondary N) is 1. The van der Waals surface area contributed by atoms with Gasteiger partial charge in [-0.3, -0.25) is 0 Å². The molecule has 0 amide bonds. The summed E-state index contributed by atoms with van der Waals surface area (Å²) in [6.07, 6.45) is 4.08. The van der Waals surface area contributed by atoms with Crippen LogP contribution in [0.25, 0.3) is 10.9 Å². The van der Waals surface area contributed by atoms with E-state index in [1.54, 1.807) is 0 Å². The molecule has 28 heavy (non-hydrogen) atoms. The highest BCUT2D eigenvalue weighted by Gasteiger charge is 2.38. The minimum absolute atomic E-state index is 0.0657. The van der Waals surface area contributed by atoms with Crippen LogP contribution in [-0.4, -0.2) is 35.9 Å². The van der Waals surface area contributed by atoms with E-state index in [0.29, 0.717) is 18.9 Å². The van der Waals surface area contributed by atoms with E-state index >= 15 is 0 Å². The van der Waals surface area contributed by atoms with Crippen molar-refractivity contribution in [2.75, 3.05) is 13.2 Å². The average Bonchev–Trinajstić information content (AvgIpc) is 3.03. The topological polar surface area (TPSA) is 63.7 Å². The summed E-state index contributed by atoms with van der Waals surface area (Å²) in [4.78, 5) is 3.73. The summed E-state index contributed by atoms with van der Waals surface area (Å²) >= 11 is 0. The lowest BCUT2D eigenvalue weighted by Crippen LogP contribution is -2.38.